The summed E-state index contributed by atoms with van der Waals surface area (Å²) in [5, 5.41) is 6.70. The quantitative estimate of drug-likeness (QED) is 0.750. The Morgan fingerprint density at radius 1 is 0.870 bits per heavy atom. The van der Waals surface area contributed by atoms with E-state index >= 15 is 0 Å². The first-order valence-corrected chi connectivity index (χ1v) is 8.62. The zero-order valence-corrected chi connectivity index (χ0v) is 14.6. The number of piperazine rings is 1. The smallest absolute Gasteiger partial charge is 0.0612 e. The second kappa shape index (κ2) is 7.97. The highest BCUT2D eigenvalue weighted by atomic mass is 79.9. The molecule has 0 spiro atoms. The lowest BCUT2D eigenvalue weighted by Gasteiger charge is -2.34. The van der Waals surface area contributed by atoms with E-state index in [0.717, 1.165) is 30.7 Å². The third-order valence-electron chi connectivity index (χ3n) is 3.83. The number of nitrogens with zero attached hydrogens (tertiary/aromatic N) is 3. The van der Waals surface area contributed by atoms with Crippen molar-refractivity contribution < 1.29 is 0 Å². The van der Waals surface area contributed by atoms with Gasteiger partial charge in [0.1, 0.15) is 0 Å². The Morgan fingerprint density at radius 3 is 2.13 bits per heavy atom. The van der Waals surface area contributed by atoms with E-state index in [2.05, 4.69) is 79.5 Å². The van der Waals surface area contributed by atoms with E-state index in [-0.39, 0.29) is 0 Å². The fraction of sp³-hybridized carbons (Fsp3) is 0.211. The van der Waals surface area contributed by atoms with Crippen molar-refractivity contribution in [3.63, 3.8) is 0 Å². The van der Waals surface area contributed by atoms with E-state index in [9.17, 15) is 0 Å². The summed E-state index contributed by atoms with van der Waals surface area (Å²) in [6, 6.07) is 20.8. The molecule has 0 atom stereocenters. The fourth-order valence-electron chi connectivity index (χ4n) is 2.59. The number of rotatable bonds is 4. The Hall–Kier alpha value is -2.07. The van der Waals surface area contributed by atoms with Crippen LogP contribution in [0.1, 0.15) is 5.56 Å². The Morgan fingerprint density at radius 2 is 1.48 bits per heavy atom. The first-order valence-electron chi connectivity index (χ1n) is 7.82. The average Bonchev–Trinajstić information content (AvgIpc) is 2.62. The lowest BCUT2D eigenvalue weighted by atomic mass is 10.2. The molecule has 3 nitrogen and oxygen atoms in total. The first kappa shape index (κ1) is 15.8. The number of hydrogen-bond donors (Lipinski definition) is 0. The number of hydrogen-bond acceptors (Lipinski definition) is 3. The van der Waals surface area contributed by atoms with Crippen LogP contribution in [0.2, 0.25) is 0 Å². The van der Waals surface area contributed by atoms with E-state index in [1.807, 2.05) is 24.4 Å². The van der Waals surface area contributed by atoms with Crippen LogP contribution < -0.4 is 4.90 Å². The van der Waals surface area contributed by atoms with Gasteiger partial charge in [-0.15, -0.1) is 0 Å². The summed E-state index contributed by atoms with van der Waals surface area (Å²) in [6.45, 7) is 3.89. The maximum Gasteiger partial charge on any atom is 0.0612 e. The topological polar surface area (TPSA) is 18.8 Å². The fourth-order valence-corrected chi connectivity index (χ4v) is 2.95. The standard InChI is InChI=1S/C19H20BrN3/c20-18(15-17-7-3-1-4-8-17)16-21-23-13-11-22(12-14-23)19-9-5-2-6-10-19/h1-10,15-16H,11-14H2/b18-15-,21-16-. The van der Waals surface area contributed by atoms with Crippen LogP contribution in [0.25, 0.3) is 6.08 Å². The van der Waals surface area contributed by atoms with E-state index in [1.54, 1.807) is 0 Å². The van der Waals surface area contributed by atoms with Crippen LogP contribution in [-0.2, 0) is 0 Å². The van der Waals surface area contributed by atoms with Gasteiger partial charge in [0.15, 0.2) is 0 Å². The summed E-state index contributed by atoms with van der Waals surface area (Å²) >= 11 is 3.56. The molecular formula is C19H20BrN3. The molecule has 0 N–H and O–H groups in total. The van der Waals surface area contributed by atoms with Crippen LogP contribution in [0.3, 0.4) is 0 Å². The van der Waals surface area contributed by atoms with Gasteiger partial charge in [-0.3, -0.25) is 5.01 Å². The number of para-hydroxylation sites is 1. The second-order valence-corrected chi connectivity index (χ2v) is 6.38. The maximum atomic E-state index is 4.57. The van der Waals surface area contributed by atoms with Crippen molar-refractivity contribution in [2.45, 2.75) is 0 Å². The average molecular weight is 370 g/mol. The summed E-state index contributed by atoms with van der Waals surface area (Å²) in [5.41, 5.74) is 2.46. The lowest BCUT2D eigenvalue weighted by molar-refractivity contribution is 0.272. The van der Waals surface area contributed by atoms with E-state index in [1.165, 1.54) is 11.3 Å². The number of anilines is 1. The molecular weight excluding hydrogens is 350 g/mol. The summed E-state index contributed by atoms with van der Waals surface area (Å²) < 4.78 is 0.981. The van der Waals surface area contributed by atoms with Gasteiger partial charge in [-0.25, -0.2) is 0 Å². The highest BCUT2D eigenvalue weighted by molar-refractivity contribution is 9.12. The minimum Gasteiger partial charge on any atom is -0.368 e. The molecule has 1 heterocycles. The summed E-state index contributed by atoms with van der Waals surface area (Å²) in [4.78, 5) is 2.40. The van der Waals surface area contributed by atoms with Gasteiger partial charge < -0.3 is 4.90 Å². The van der Waals surface area contributed by atoms with Gasteiger partial charge in [-0.05, 0) is 39.7 Å². The van der Waals surface area contributed by atoms with Gasteiger partial charge in [0, 0.05) is 23.3 Å². The number of allylic oxidation sites excluding steroid dienone is 1. The van der Waals surface area contributed by atoms with E-state index in [0.29, 0.717) is 0 Å². The molecule has 2 aromatic rings. The van der Waals surface area contributed by atoms with Crippen LogP contribution in [0.4, 0.5) is 5.69 Å². The molecule has 118 valence electrons. The minimum atomic E-state index is 0.941. The van der Waals surface area contributed by atoms with E-state index in [4.69, 9.17) is 0 Å². The molecule has 0 amide bonds. The molecule has 23 heavy (non-hydrogen) atoms. The highest BCUT2D eigenvalue weighted by Gasteiger charge is 2.15. The number of benzene rings is 2. The van der Waals surface area contributed by atoms with Crippen molar-refractivity contribution in [1.29, 1.82) is 0 Å². The predicted octanol–water partition coefficient (Wildman–Crippen LogP) is 4.23. The third kappa shape index (κ3) is 4.70. The highest BCUT2D eigenvalue weighted by Crippen LogP contribution is 2.16. The molecule has 1 aliphatic rings. The Kier molecular flexibility index (Phi) is 5.48. The van der Waals surface area contributed by atoms with Crippen molar-refractivity contribution in [2.75, 3.05) is 31.1 Å². The van der Waals surface area contributed by atoms with Crippen LogP contribution in [0.15, 0.2) is 70.2 Å². The van der Waals surface area contributed by atoms with Gasteiger partial charge >= 0.3 is 0 Å². The molecule has 0 bridgehead atoms. The third-order valence-corrected chi connectivity index (χ3v) is 4.26. The lowest BCUT2D eigenvalue weighted by Crippen LogP contribution is -2.44. The SMILES string of the molecule is BrC(/C=N\N1CCN(c2ccccc2)CC1)=C\c1ccccc1. The molecule has 2 aromatic carbocycles. The van der Waals surface area contributed by atoms with Gasteiger partial charge in [-0.2, -0.15) is 5.10 Å². The van der Waals surface area contributed by atoms with Crippen molar-refractivity contribution >= 4 is 33.9 Å². The zero-order chi connectivity index (χ0) is 15.9. The van der Waals surface area contributed by atoms with Crippen LogP contribution in [0, 0.1) is 0 Å². The van der Waals surface area contributed by atoms with Gasteiger partial charge in [0.2, 0.25) is 0 Å². The maximum absolute atomic E-state index is 4.57. The molecule has 4 heteroatoms. The molecule has 1 saturated heterocycles. The van der Waals surface area contributed by atoms with Crippen molar-refractivity contribution in [3.8, 4) is 0 Å². The predicted molar refractivity (Wildman–Crippen MR) is 102 cm³/mol. The zero-order valence-electron chi connectivity index (χ0n) is 13.0. The second-order valence-electron chi connectivity index (χ2n) is 5.46. The Bertz CT molecular complexity index is 660. The molecule has 1 aliphatic heterocycles. The summed E-state index contributed by atoms with van der Waals surface area (Å²) in [5.74, 6) is 0. The Labute approximate surface area is 146 Å². The molecule has 0 aromatic heterocycles. The molecule has 0 unspecified atom stereocenters. The van der Waals surface area contributed by atoms with Gasteiger partial charge in [0.05, 0.1) is 19.3 Å². The Balaban J connectivity index is 1.53. The summed E-state index contributed by atoms with van der Waals surface area (Å²) in [7, 11) is 0. The normalized spacial score (nSPS) is 16.1. The van der Waals surface area contributed by atoms with Crippen molar-refractivity contribution in [2.24, 2.45) is 5.10 Å². The van der Waals surface area contributed by atoms with Gasteiger partial charge in [0.25, 0.3) is 0 Å². The van der Waals surface area contributed by atoms with Gasteiger partial charge in [-0.1, -0.05) is 48.5 Å². The minimum absolute atomic E-state index is 0.941. The van der Waals surface area contributed by atoms with Crippen molar-refractivity contribution in [3.05, 3.63) is 70.7 Å². The monoisotopic (exact) mass is 369 g/mol. The molecule has 0 saturated carbocycles. The molecule has 0 aliphatic carbocycles. The largest absolute Gasteiger partial charge is 0.368 e. The molecule has 1 fully saturated rings. The van der Waals surface area contributed by atoms with Crippen LogP contribution in [0.5, 0.6) is 0 Å². The van der Waals surface area contributed by atoms with Crippen LogP contribution in [-0.4, -0.2) is 37.4 Å². The molecule has 0 radical (unpaired) electrons. The number of hydrazone groups is 1. The van der Waals surface area contributed by atoms with E-state index < -0.39 is 0 Å². The van der Waals surface area contributed by atoms with Crippen LogP contribution >= 0.6 is 15.9 Å². The first-order chi connectivity index (χ1) is 11.3. The molecule has 3 rings (SSSR count). The van der Waals surface area contributed by atoms with Crippen molar-refractivity contribution in [1.82, 2.24) is 5.01 Å². The number of halogens is 1. The summed E-state index contributed by atoms with van der Waals surface area (Å²) in [6.07, 6.45) is 3.95.